The third kappa shape index (κ3) is 1.65. The number of ether oxygens (including phenoxy) is 1. The Morgan fingerprint density at radius 3 is 3.07 bits per heavy atom. The Bertz CT molecular complexity index is 294. The van der Waals surface area contributed by atoms with E-state index in [1.165, 1.54) is 0 Å². The Kier molecular flexibility index (Phi) is 2.52. The number of aliphatic hydroxyl groups is 1. The first-order chi connectivity index (χ1) is 7.13. The van der Waals surface area contributed by atoms with Gasteiger partial charge in [0.1, 0.15) is 6.10 Å². The maximum atomic E-state index is 11.5. The predicted octanol–water partition coefficient (Wildman–Crippen LogP) is -1.02. The summed E-state index contributed by atoms with van der Waals surface area (Å²) >= 11 is 0. The van der Waals surface area contributed by atoms with Crippen LogP contribution >= 0.6 is 0 Å². The molecule has 15 heavy (non-hydrogen) atoms. The highest BCUT2D eigenvalue weighted by Gasteiger charge is 2.51. The van der Waals surface area contributed by atoms with E-state index in [-0.39, 0.29) is 11.9 Å². The first-order valence-electron chi connectivity index (χ1n) is 5.06. The number of alkyl carbamates (subject to hydrolysis) is 1. The topological polar surface area (TPSA) is 87.7 Å². The van der Waals surface area contributed by atoms with Gasteiger partial charge in [0.15, 0.2) is 6.10 Å². The van der Waals surface area contributed by atoms with Gasteiger partial charge in [0, 0.05) is 6.54 Å². The third-order valence-corrected chi connectivity index (χ3v) is 2.89. The van der Waals surface area contributed by atoms with Crippen LogP contribution in [-0.2, 0) is 9.53 Å². The minimum Gasteiger partial charge on any atom is -0.441 e. The van der Waals surface area contributed by atoms with Crippen molar-refractivity contribution in [2.45, 2.75) is 31.6 Å². The fourth-order valence-electron chi connectivity index (χ4n) is 2.18. The van der Waals surface area contributed by atoms with Crippen LogP contribution in [0, 0.1) is 5.92 Å². The summed E-state index contributed by atoms with van der Waals surface area (Å²) in [5, 5.41) is 15.0. The normalized spacial score (nSPS) is 38.1. The number of aliphatic hydroxyl groups excluding tert-OH is 1. The van der Waals surface area contributed by atoms with Crippen LogP contribution in [0.1, 0.15) is 13.3 Å². The highest BCUT2D eigenvalue weighted by molar-refractivity contribution is 5.81. The summed E-state index contributed by atoms with van der Waals surface area (Å²) in [5.41, 5.74) is 0. The number of hydrogen-bond donors (Lipinski definition) is 3. The molecule has 2 fully saturated rings. The van der Waals surface area contributed by atoms with Crippen molar-refractivity contribution in [3.8, 4) is 0 Å². The minimum atomic E-state index is -0.902. The smallest absolute Gasteiger partial charge is 0.407 e. The minimum absolute atomic E-state index is 0.183. The zero-order valence-electron chi connectivity index (χ0n) is 8.40. The van der Waals surface area contributed by atoms with Crippen molar-refractivity contribution in [3.05, 3.63) is 0 Å². The zero-order valence-corrected chi connectivity index (χ0v) is 8.40. The molecule has 0 aromatic rings. The number of fused-ring (bicyclic) bond motifs is 1. The fraction of sp³-hybridized carbons (Fsp3) is 0.778. The number of hydrogen-bond acceptors (Lipinski definition) is 4. The van der Waals surface area contributed by atoms with Gasteiger partial charge in [-0.25, -0.2) is 4.79 Å². The highest BCUT2D eigenvalue weighted by atomic mass is 16.6. The second kappa shape index (κ2) is 3.69. The Hall–Kier alpha value is -1.30. The van der Waals surface area contributed by atoms with E-state index in [1.807, 2.05) is 6.92 Å². The second-order valence-corrected chi connectivity index (χ2v) is 3.85. The lowest BCUT2D eigenvalue weighted by Crippen LogP contribution is -2.38. The molecule has 1 aliphatic carbocycles. The van der Waals surface area contributed by atoms with Gasteiger partial charge in [0.25, 0.3) is 0 Å². The molecule has 2 amide bonds. The summed E-state index contributed by atoms with van der Waals surface area (Å²) in [7, 11) is 0. The summed E-state index contributed by atoms with van der Waals surface area (Å²) < 4.78 is 4.88. The molecule has 1 saturated heterocycles. The number of rotatable bonds is 2. The molecule has 3 N–H and O–H groups in total. The van der Waals surface area contributed by atoms with Crippen LogP contribution in [0.15, 0.2) is 0 Å². The Balaban J connectivity index is 2.02. The number of carbonyl (C=O) groups excluding carboxylic acids is 2. The lowest BCUT2D eigenvalue weighted by molar-refractivity contribution is -0.128. The van der Waals surface area contributed by atoms with Crippen LogP contribution in [-0.4, -0.2) is 41.9 Å². The summed E-state index contributed by atoms with van der Waals surface area (Å²) in [4.78, 5) is 22.4. The van der Waals surface area contributed by atoms with Gasteiger partial charge in [0.2, 0.25) is 5.91 Å². The monoisotopic (exact) mass is 214 g/mol. The number of nitrogens with one attached hydrogen (secondary N) is 2. The van der Waals surface area contributed by atoms with Crippen LogP contribution in [0.5, 0.6) is 0 Å². The van der Waals surface area contributed by atoms with Gasteiger partial charge >= 0.3 is 6.09 Å². The molecule has 0 radical (unpaired) electrons. The van der Waals surface area contributed by atoms with Crippen LogP contribution in [0.2, 0.25) is 0 Å². The molecule has 0 aromatic heterocycles. The average Bonchev–Trinajstić information content (AvgIpc) is 2.66. The SMILES string of the molecule is CCNC(=O)[C@@H]1C[C@@H]2NC(=O)O[C@@H]2[C@H]1O. The van der Waals surface area contributed by atoms with E-state index in [1.54, 1.807) is 0 Å². The quantitative estimate of drug-likeness (QED) is 0.549. The number of amides is 2. The second-order valence-electron chi connectivity index (χ2n) is 3.85. The van der Waals surface area contributed by atoms with Crippen molar-refractivity contribution in [2.75, 3.05) is 6.54 Å². The standard InChI is InChI=1S/C9H14N2O4/c1-2-10-8(13)4-3-5-7(6(4)12)15-9(14)11-5/h4-7,12H,2-3H2,1H3,(H,10,13)(H,11,14)/t4-,5+,6+,7+/m1/s1. The number of carbonyl (C=O) groups is 2. The molecule has 0 unspecified atom stereocenters. The molecule has 6 nitrogen and oxygen atoms in total. The molecule has 2 rings (SSSR count). The van der Waals surface area contributed by atoms with Crippen LogP contribution < -0.4 is 10.6 Å². The summed E-state index contributed by atoms with van der Waals surface area (Å²) in [6.45, 7) is 2.35. The molecule has 0 bridgehead atoms. The first kappa shape index (κ1) is 10.2. The van der Waals surface area contributed by atoms with Gasteiger partial charge in [-0.15, -0.1) is 0 Å². The first-order valence-corrected chi connectivity index (χ1v) is 5.06. The molecule has 1 aliphatic heterocycles. The molecule has 0 aromatic carbocycles. The van der Waals surface area contributed by atoms with Gasteiger partial charge in [0.05, 0.1) is 12.0 Å². The Morgan fingerprint density at radius 1 is 1.73 bits per heavy atom. The summed E-state index contributed by atoms with van der Waals surface area (Å²) in [6, 6.07) is -0.236. The van der Waals surface area contributed by atoms with E-state index >= 15 is 0 Å². The molecule has 84 valence electrons. The Labute approximate surface area is 87.0 Å². The fourth-order valence-corrected chi connectivity index (χ4v) is 2.18. The van der Waals surface area contributed by atoms with Crippen molar-refractivity contribution in [1.29, 1.82) is 0 Å². The van der Waals surface area contributed by atoms with Crippen molar-refractivity contribution in [1.82, 2.24) is 10.6 Å². The predicted molar refractivity (Wildman–Crippen MR) is 50.0 cm³/mol. The molecular weight excluding hydrogens is 200 g/mol. The maximum Gasteiger partial charge on any atom is 0.407 e. The molecule has 1 saturated carbocycles. The van der Waals surface area contributed by atoms with Gasteiger partial charge < -0.3 is 20.5 Å². The third-order valence-electron chi connectivity index (χ3n) is 2.89. The average molecular weight is 214 g/mol. The van der Waals surface area contributed by atoms with Crippen molar-refractivity contribution >= 4 is 12.0 Å². The lowest BCUT2D eigenvalue weighted by Gasteiger charge is -2.16. The van der Waals surface area contributed by atoms with Crippen LogP contribution in [0.4, 0.5) is 4.79 Å². The maximum absolute atomic E-state index is 11.5. The zero-order chi connectivity index (χ0) is 11.0. The van der Waals surface area contributed by atoms with E-state index in [0.717, 1.165) is 0 Å². The van der Waals surface area contributed by atoms with E-state index in [9.17, 15) is 14.7 Å². The van der Waals surface area contributed by atoms with E-state index in [4.69, 9.17) is 4.74 Å². The molecule has 0 spiro atoms. The van der Waals surface area contributed by atoms with Crippen molar-refractivity contribution < 1.29 is 19.4 Å². The molecule has 2 aliphatic rings. The van der Waals surface area contributed by atoms with Crippen LogP contribution in [0.3, 0.4) is 0 Å². The van der Waals surface area contributed by atoms with Crippen LogP contribution in [0.25, 0.3) is 0 Å². The van der Waals surface area contributed by atoms with Gasteiger partial charge in [-0.1, -0.05) is 0 Å². The Morgan fingerprint density at radius 2 is 2.47 bits per heavy atom. The lowest BCUT2D eigenvalue weighted by atomic mass is 10.0. The summed E-state index contributed by atoms with van der Waals surface area (Å²) in [6.07, 6.45) is -1.56. The molecule has 6 heteroatoms. The van der Waals surface area contributed by atoms with Crippen molar-refractivity contribution in [2.24, 2.45) is 5.92 Å². The van der Waals surface area contributed by atoms with E-state index in [0.29, 0.717) is 13.0 Å². The van der Waals surface area contributed by atoms with Crippen molar-refractivity contribution in [3.63, 3.8) is 0 Å². The van der Waals surface area contributed by atoms with E-state index < -0.39 is 24.2 Å². The van der Waals surface area contributed by atoms with Gasteiger partial charge in [-0.2, -0.15) is 0 Å². The molecule has 4 atom stereocenters. The largest absolute Gasteiger partial charge is 0.441 e. The molecular formula is C9H14N2O4. The highest BCUT2D eigenvalue weighted by Crippen LogP contribution is 2.32. The van der Waals surface area contributed by atoms with E-state index in [2.05, 4.69) is 10.6 Å². The molecule has 1 heterocycles. The van der Waals surface area contributed by atoms with Gasteiger partial charge in [-0.3, -0.25) is 4.79 Å². The summed E-state index contributed by atoms with van der Waals surface area (Å²) in [5.74, 6) is -0.669. The van der Waals surface area contributed by atoms with Gasteiger partial charge in [-0.05, 0) is 13.3 Å².